The summed E-state index contributed by atoms with van der Waals surface area (Å²) in [4.78, 5) is 15.2. The highest BCUT2D eigenvalue weighted by Gasteiger charge is 2.40. The number of hydrogen-bond donors (Lipinski definition) is 0. The summed E-state index contributed by atoms with van der Waals surface area (Å²) in [5.74, 6) is 2.32. The smallest absolute Gasteiger partial charge is 0.175 e. The highest BCUT2D eigenvalue weighted by Crippen LogP contribution is 2.36. The first-order chi connectivity index (χ1) is 18.1. The van der Waals surface area contributed by atoms with Crippen molar-refractivity contribution < 1.29 is 8.42 Å². The third-order valence-electron chi connectivity index (χ3n) is 8.36. The molecule has 38 heavy (non-hydrogen) atoms. The number of nitrogens with zero attached hydrogens (tertiary/aromatic N) is 5. The van der Waals surface area contributed by atoms with Crippen LogP contribution in [0.4, 0.5) is 5.69 Å². The van der Waals surface area contributed by atoms with Gasteiger partial charge in [-0.05, 0) is 75.1 Å². The number of imidazole rings is 1. The van der Waals surface area contributed by atoms with Crippen LogP contribution in [0.5, 0.6) is 0 Å². The fraction of sp³-hybridized carbons (Fsp3) is 0.400. The number of rotatable bonds is 5. The van der Waals surface area contributed by atoms with E-state index in [1.54, 1.807) is 12.1 Å². The number of benzene rings is 2. The fourth-order valence-electron chi connectivity index (χ4n) is 6.10. The van der Waals surface area contributed by atoms with E-state index in [1.165, 1.54) is 25.0 Å². The van der Waals surface area contributed by atoms with Crippen molar-refractivity contribution in [3.8, 4) is 22.6 Å². The predicted molar refractivity (Wildman–Crippen MR) is 153 cm³/mol. The monoisotopic (exact) mass is 529 g/mol. The molecule has 2 aromatic carbocycles. The lowest BCUT2D eigenvalue weighted by atomic mass is 10.0. The average Bonchev–Trinajstić information content (AvgIpc) is 3.56. The lowest BCUT2D eigenvalue weighted by molar-refractivity contribution is 0.258. The summed E-state index contributed by atoms with van der Waals surface area (Å²) in [5.41, 5.74) is 6.90. The fourth-order valence-corrected chi connectivity index (χ4v) is 6.73. The molecular weight excluding hydrogens is 494 g/mol. The van der Waals surface area contributed by atoms with Gasteiger partial charge in [-0.3, -0.25) is 4.98 Å². The lowest BCUT2D eigenvalue weighted by Crippen LogP contribution is -2.33. The van der Waals surface area contributed by atoms with Gasteiger partial charge in [0.25, 0.3) is 0 Å². The second kappa shape index (κ2) is 9.20. The van der Waals surface area contributed by atoms with Gasteiger partial charge in [0.2, 0.25) is 0 Å². The molecule has 4 aromatic rings. The summed E-state index contributed by atoms with van der Waals surface area (Å²) < 4.78 is 25.7. The summed E-state index contributed by atoms with van der Waals surface area (Å²) in [6.07, 6.45) is 1.22. The molecule has 0 amide bonds. The molecule has 0 N–H and O–H groups in total. The van der Waals surface area contributed by atoms with Gasteiger partial charge in [0, 0.05) is 62.3 Å². The molecule has 0 radical (unpaired) electrons. The molecule has 2 aliphatic rings. The van der Waals surface area contributed by atoms with Crippen LogP contribution < -0.4 is 4.90 Å². The molecule has 2 saturated heterocycles. The second-order valence-electron chi connectivity index (χ2n) is 11.3. The van der Waals surface area contributed by atoms with Crippen molar-refractivity contribution in [2.75, 3.05) is 37.3 Å². The maximum atomic E-state index is 11.8. The zero-order valence-corrected chi connectivity index (χ0v) is 23.5. The molecule has 0 unspecified atom stereocenters. The molecule has 2 aromatic heterocycles. The second-order valence-corrected chi connectivity index (χ2v) is 13.3. The van der Waals surface area contributed by atoms with Crippen molar-refractivity contribution in [1.29, 1.82) is 0 Å². The van der Waals surface area contributed by atoms with E-state index in [-0.39, 0.29) is 0 Å². The van der Waals surface area contributed by atoms with Gasteiger partial charge in [-0.2, -0.15) is 0 Å². The summed E-state index contributed by atoms with van der Waals surface area (Å²) in [7, 11) is -1.25. The van der Waals surface area contributed by atoms with Crippen LogP contribution in [0, 0.1) is 18.8 Å². The quantitative estimate of drug-likeness (QED) is 0.370. The van der Waals surface area contributed by atoms with Gasteiger partial charge in [-0.1, -0.05) is 12.1 Å². The van der Waals surface area contributed by atoms with Crippen molar-refractivity contribution in [3.05, 3.63) is 60.3 Å². The average molecular weight is 530 g/mol. The topological polar surface area (TPSA) is 71.3 Å². The number of anilines is 1. The molecule has 2 aliphatic heterocycles. The molecular formula is C30H35N5O2S. The minimum Gasteiger partial charge on any atom is -0.371 e. The van der Waals surface area contributed by atoms with E-state index in [1.807, 2.05) is 26.1 Å². The normalized spacial score (nSPS) is 20.1. The van der Waals surface area contributed by atoms with E-state index in [4.69, 9.17) is 9.97 Å². The number of pyridine rings is 1. The first kappa shape index (κ1) is 25.1. The standard InChI is InChI=1S/C30H35N5O2S/c1-19(2)34-15-23-17-35(18-24(23)16-34)25-10-6-21(7-11-25)27-14-28-29(20(3)31-27)32-30(33(28)4)22-8-12-26(13-9-22)38(5,36)37/h6-14,19,23-24H,15-18H2,1-5H3/t23-,24+. The van der Waals surface area contributed by atoms with Crippen molar-refractivity contribution in [1.82, 2.24) is 19.4 Å². The summed E-state index contributed by atoms with van der Waals surface area (Å²) in [5, 5.41) is 0. The van der Waals surface area contributed by atoms with Gasteiger partial charge in [-0.25, -0.2) is 13.4 Å². The lowest BCUT2D eigenvalue weighted by Gasteiger charge is -2.25. The molecule has 198 valence electrons. The van der Waals surface area contributed by atoms with Crippen molar-refractivity contribution in [2.24, 2.45) is 18.9 Å². The zero-order valence-electron chi connectivity index (χ0n) is 22.7. The minimum atomic E-state index is -3.24. The third kappa shape index (κ3) is 4.39. The van der Waals surface area contributed by atoms with Crippen LogP contribution in [0.25, 0.3) is 33.7 Å². The van der Waals surface area contributed by atoms with E-state index in [0.717, 1.165) is 64.3 Å². The van der Waals surface area contributed by atoms with Crippen molar-refractivity contribution in [3.63, 3.8) is 0 Å². The molecule has 0 bridgehead atoms. The first-order valence-electron chi connectivity index (χ1n) is 13.3. The Morgan fingerprint density at radius 2 is 1.47 bits per heavy atom. The Labute approximate surface area is 225 Å². The molecule has 2 fully saturated rings. The van der Waals surface area contributed by atoms with Crippen molar-refractivity contribution in [2.45, 2.75) is 31.7 Å². The van der Waals surface area contributed by atoms with Crippen LogP contribution in [0.3, 0.4) is 0 Å². The largest absolute Gasteiger partial charge is 0.371 e. The third-order valence-corrected chi connectivity index (χ3v) is 9.49. The Balaban J connectivity index is 1.25. The van der Waals surface area contributed by atoms with E-state index >= 15 is 0 Å². The Morgan fingerprint density at radius 1 is 0.868 bits per heavy atom. The van der Waals surface area contributed by atoms with Gasteiger partial charge >= 0.3 is 0 Å². The van der Waals surface area contributed by atoms with Gasteiger partial charge in [0.1, 0.15) is 11.3 Å². The summed E-state index contributed by atoms with van der Waals surface area (Å²) in [6.45, 7) is 11.3. The molecule has 6 rings (SSSR count). The molecule has 7 nitrogen and oxygen atoms in total. The summed E-state index contributed by atoms with van der Waals surface area (Å²) >= 11 is 0. The van der Waals surface area contributed by atoms with Crippen LogP contribution in [0.1, 0.15) is 19.5 Å². The molecule has 2 atom stereocenters. The number of hydrogen-bond acceptors (Lipinski definition) is 6. The van der Waals surface area contributed by atoms with Gasteiger partial charge in [-0.15, -0.1) is 0 Å². The minimum absolute atomic E-state index is 0.304. The van der Waals surface area contributed by atoms with E-state index in [9.17, 15) is 8.42 Å². The Morgan fingerprint density at radius 3 is 2.05 bits per heavy atom. The van der Waals surface area contributed by atoms with E-state index < -0.39 is 9.84 Å². The molecule has 4 heterocycles. The maximum absolute atomic E-state index is 11.8. The number of aromatic nitrogens is 3. The van der Waals surface area contributed by atoms with Gasteiger partial charge in [0.05, 0.1) is 21.8 Å². The number of sulfone groups is 1. The van der Waals surface area contributed by atoms with Crippen LogP contribution in [-0.4, -0.2) is 66.3 Å². The molecule has 8 heteroatoms. The number of aryl methyl sites for hydroxylation is 2. The van der Waals surface area contributed by atoms with Crippen LogP contribution in [0.15, 0.2) is 59.5 Å². The Kier molecular flexibility index (Phi) is 6.07. The number of likely N-dealkylation sites (tertiary alicyclic amines) is 1. The van der Waals surface area contributed by atoms with Crippen molar-refractivity contribution >= 4 is 26.6 Å². The first-order valence-corrected chi connectivity index (χ1v) is 15.2. The van der Waals surface area contributed by atoms with Crippen LogP contribution in [0.2, 0.25) is 0 Å². The van der Waals surface area contributed by atoms with Crippen LogP contribution >= 0.6 is 0 Å². The molecule has 0 saturated carbocycles. The van der Waals surface area contributed by atoms with E-state index in [2.05, 4.69) is 58.5 Å². The molecule has 0 spiro atoms. The SMILES string of the molecule is Cc1nc(-c2ccc(N3C[C@@H]4CN(C(C)C)C[C@@H]4C3)cc2)cc2c1nc(-c1ccc(S(C)(=O)=O)cc1)n2C. The predicted octanol–water partition coefficient (Wildman–Crippen LogP) is 4.79. The molecule has 0 aliphatic carbocycles. The highest BCUT2D eigenvalue weighted by molar-refractivity contribution is 7.90. The van der Waals surface area contributed by atoms with E-state index in [0.29, 0.717) is 10.9 Å². The maximum Gasteiger partial charge on any atom is 0.175 e. The Hall–Kier alpha value is -3.23. The van der Waals surface area contributed by atoms with Gasteiger partial charge < -0.3 is 14.4 Å². The number of fused-ring (bicyclic) bond motifs is 2. The van der Waals surface area contributed by atoms with Gasteiger partial charge in [0.15, 0.2) is 9.84 Å². The zero-order chi connectivity index (χ0) is 26.8. The highest BCUT2D eigenvalue weighted by atomic mass is 32.2. The van der Waals surface area contributed by atoms with Crippen LogP contribution in [-0.2, 0) is 16.9 Å². The Bertz CT molecular complexity index is 1590. The summed E-state index contributed by atoms with van der Waals surface area (Å²) in [6, 6.07) is 18.5.